The highest BCUT2D eigenvalue weighted by Crippen LogP contribution is 2.28. The Morgan fingerprint density at radius 2 is 1.46 bits per heavy atom. The van der Waals surface area contributed by atoms with Crippen LogP contribution in [0.4, 0.5) is 0 Å². The molecular weight excluding hydrogens is 344 g/mol. The number of epoxide rings is 1. The largest absolute Gasteiger partial charge is 0.490 e. The lowest BCUT2D eigenvalue weighted by Gasteiger charge is -2.13. The Kier molecular flexibility index (Phi) is 11.4. The predicted molar refractivity (Wildman–Crippen MR) is 120 cm³/mol. The van der Waals surface area contributed by atoms with Crippen LogP contribution in [0.25, 0.3) is 0 Å². The molecule has 1 saturated heterocycles. The third-order valence-electron chi connectivity index (χ3n) is 5.70. The first-order chi connectivity index (χ1) is 13.7. The molecule has 2 heteroatoms. The lowest BCUT2D eigenvalue weighted by molar-refractivity contribution is 0.201. The van der Waals surface area contributed by atoms with Gasteiger partial charge in [-0.3, -0.25) is 0 Å². The van der Waals surface area contributed by atoms with Gasteiger partial charge in [-0.1, -0.05) is 88.1 Å². The van der Waals surface area contributed by atoms with E-state index in [1.54, 1.807) is 0 Å². The Balaban J connectivity index is 1.42. The quantitative estimate of drug-likeness (QED) is 0.156. The lowest BCUT2D eigenvalue weighted by atomic mass is 10.0. The SMILES string of the molecule is C/C=C/CCCCCCCCCCCCCc1ccccc1OCC1(C)CO1. The average Bonchev–Trinajstić information content (AvgIpc) is 3.45. The van der Waals surface area contributed by atoms with Crippen LogP contribution < -0.4 is 4.74 Å². The minimum atomic E-state index is -0.0422. The van der Waals surface area contributed by atoms with Gasteiger partial charge in [0.1, 0.15) is 18.0 Å². The molecule has 0 amide bonds. The second-order valence-electron chi connectivity index (χ2n) is 8.63. The van der Waals surface area contributed by atoms with Crippen LogP contribution in [0.1, 0.15) is 96.5 Å². The smallest absolute Gasteiger partial charge is 0.123 e. The van der Waals surface area contributed by atoms with E-state index in [1.165, 1.54) is 82.6 Å². The molecule has 0 radical (unpaired) electrons. The number of rotatable bonds is 17. The van der Waals surface area contributed by atoms with E-state index in [2.05, 4.69) is 50.3 Å². The van der Waals surface area contributed by atoms with Crippen molar-refractivity contribution in [1.29, 1.82) is 0 Å². The van der Waals surface area contributed by atoms with Crippen LogP contribution in [0.5, 0.6) is 5.75 Å². The number of benzene rings is 1. The van der Waals surface area contributed by atoms with Crippen LogP contribution in [-0.4, -0.2) is 18.8 Å². The Bertz CT molecular complexity index is 545. The van der Waals surface area contributed by atoms with Crippen molar-refractivity contribution in [2.75, 3.05) is 13.2 Å². The van der Waals surface area contributed by atoms with Gasteiger partial charge in [0, 0.05) is 0 Å². The molecule has 1 heterocycles. The Morgan fingerprint density at radius 3 is 2.07 bits per heavy atom. The summed E-state index contributed by atoms with van der Waals surface area (Å²) >= 11 is 0. The molecule has 1 aromatic rings. The number of aryl methyl sites for hydroxylation is 1. The minimum absolute atomic E-state index is 0.0422. The maximum absolute atomic E-state index is 6.01. The molecule has 1 aromatic carbocycles. The number of para-hydroxylation sites is 1. The third-order valence-corrected chi connectivity index (χ3v) is 5.70. The first kappa shape index (κ1) is 23.0. The van der Waals surface area contributed by atoms with Gasteiger partial charge in [-0.25, -0.2) is 0 Å². The van der Waals surface area contributed by atoms with Gasteiger partial charge in [0.15, 0.2) is 0 Å². The van der Waals surface area contributed by atoms with Crippen LogP contribution in [0, 0.1) is 0 Å². The molecule has 1 atom stereocenters. The van der Waals surface area contributed by atoms with Crippen LogP contribution >= 0.6 is 0 Å². The van der Waals surface area contributed by atoms with Crippen LogP contribution in [0.3, 0.4) is 0 Å². The van der Waals surface area contributed by atoms with E-state index in [0.717, 1.165) is 18.8 Å². The van der Waals surface area contributed by atoms with Gasteiger partial charge < -0.3 is 9.47 Å². The maximum Gasteiger partial charge on any atom is 0.123 e. The number of unbranched alkanes of at least 4 members (excludes halogenated alkanes) is 11. The molecule has 0 bridgehead atoms. The summed E-state index contributed by atoms with van der Waals surface area (Å²) in [5.74, 6) is 1.05. The molecule has 0 saturated carbocycles. The fraction of sp³-hybridized carbons (Fsp3) is 0.692. The third kappa shape index (κ3) is 10.3. The van der Waals surface area contributed by atoms with Gasteiger partial charge in [0.2, 0.25) is 0 Å². The van der Waals surface area contributed by atoms with Crippen molar-refractivity contribution in [2.24, 2.45) is 0 Å². The average molecular weight is 387 g/mol. The summed E-state index contributed by atoms with van der Waals surface area (Å²) in [4.78, 5) is 0. The van der Waals surface area contributed by atoms with Crippen molar-refractivity contribution in [3.8, 4) is 5.75 Å². The minimum Gasteiger partial charge on any atom is -0.490 e. The van der Waals surface area contributed by atoms with Crippen molar-refractivity contribution in [1.82, 2.24) is 0 Å². The standard InChI is InChI=1S/C26H42O2/c1-3-4-5-6-7-8-9-10-11-12-13-14-15-16-19-24-20-17-18-21-25(24)27-22-26(2)23-28-26/h3-4,17-18,20-21H,5-16,19,22-23H2,1-2H3/b4-3+. The highest BCUT2D eigenvalue weighted by molar-refractivity contribution is 5.33. The summed E-state index contributed by atoms with van der Waals surface area (Å²) in [6.07, 6.45) is 22.1. The van der Waals surface area contributed by atoms with E-state index in [4.69, 9.17) is 9.47 Å². The van der Waals surface area contributed by atoms with Crippen molar-refractivity contribution < 1.29 is 9.47 Å². The van der Waals surface area contributed by atoms with Gasteiger partial charge in [-0.15, -0.1) is 0 Å². The Morgan fingerprint density at radius 1 is 0.893 bits per heavy atom. The zero-order valence-corrected chi connectivity index (χ0v) is 18.4. The Labute approximate surface area is 173 Å². The predicted octanol–water partition coefficient (Wildman–Crippen LogP) is 7.65. The molecule has 0 aliphatic carbocycles. The number of hydrogen-bond acceptors (Lipinski definition) is 2. The molecule has 28 heavy (non-hydrogen) atoms. The highest BCUT2D eigenvalue weighted by atomic mass is 16.6. The number of hydrogen-bond donors (Lipinski definition) is 0. The van der Waals surface area contributed by atoms with Gasteiger partial charge in [0.25, 0.3) is 0 Å². The van der Waals surface area contributed by atoms with Crippen molar-refractivity contribution in [3.63, 3.8) is 0 Å². The molecule has 0 aromatic heterocycles. The fourth-order valence-corrected chi connectivity index (χ4v) is 3.62. The van der Waals surface area contributed by atoms with Gasteiger partial charge >= 0.3 is 0 Å². The van der Waals surface area contributed by atoms with Crippen LogP contribution in [-0.2, 0) is 11.2 Å². The molecule has 0 spiro atoms. The molecular formula is C26H42O2. The zero-order chi connectivity index (χ0) is 19.9. The fourth-order valence-electron chi connectivity index (χ4n) is 3.62. The summed E-state index contributed by atoms with van der Waals surface area (Å²) in [5.41, 5.74) is 1.31. The van der Waals surface area contributed by atoms with E-state index in [-0.39, 0.29) is 5.60 Å². The van der Waals surface area contributed by atoms with E-state index in [0.29, 0.717) is 6.61 Å². The van der Waals surface area contributed by atoms with E-state index in [9.17, 15) is 0 Å². The van der Waals surface area contributed by atoms with E-state index in [1.807, 2.05) is 0 Å². The first-order valence-electron chi connectivity index (χ1n) is 11.7. The summed E-state index contributed by atoms with van der Waals surface area (Å²) in [7, 11) is 0. The summed E-state index contributed by atoms with van der Waals surface area (Å²) in [6, 6.07) is 8.50. The maximum atomic E-state index is 6.01. The van der Waals surface area contributed by atoms with Crippen LogP contribution in [0.2, 0.25) is 0 Å². The molecule has 0 N–H and O–H groups in total. The number of ether oxygens (including phenoxy) is 2. The molecule has 158 valence electrons. The molecule has 2 nitrogen and oxygen atoms in total. The monoisotopic (exact) mass is 386 g/mol. The molecule has 1 aliphatic heterocycles. The Hall–Kier alpha value is -1.28. The van der Waals surface area contributed by atoms with Gasteiger partial charge in [-0.2, -0.15) is 0 Å². The second-order valence-corrected chi connectivity index (χ2v) is 8.63. The van der Waals surface area contributed by atoms with Crippen molar-refractivity contribution >= 4 is 0 Å². The molecule has 1 unspecified atom stereocenters. The molecule has 1 fully saturated rings. The number of allylic oxidation sites excluding steroid dienone is 2. The normalized spacial score (nSPS) is 18.6. The first-order valence-corrected chi connectivity index (χ1v) is 11.7. The lowest BCUT2D eigenvalue weighted by Crippen LogP contribution is -2.17. The molecule has 1 aliphatic rings. The van der Waals surface area contributed by atoms with E-state index >= 15 is 0 Å². The van der Waals surface area contributed by atoms with Gasteiger partial charge in [-0.05, 0) is 51.2 Å². The summed E-state index contributed by atoms with van der Waals surface area (Å²) in [6.45, 7) is 5.71. The van der Waals surface area contributed by atoms with Crippen molar-refractivity contribution in [2.45, 2.75) is 103 Å². The second kappa shape index (κ2) is 13.8. The summed E-state index contributed by atoms with van der Waals surface area (Å²) in [5, 5.41) is 0. The van der Waals surface area contributed by atoms with Crippen molar-refractivity contribution in [3.05, 3.63) is 42.0 Å². The zero-order valence-electron chi connectivity index (χ0n) is 18.4. The van der Waals surface area contributed by atoms with Crippen LogP contribution in [0.15, 0.2) is 36.4 Å². The van der Waals surface area contributed by atoms with Gasteiger partial charge in [0.05, 0.1) is 6.61 Å². The molecule has 2 rings (SSSR count). The summed E-state index contributed by atoms with van der Waals surface area (Å²) < 4.78 is 11.4. The highest BCUT2D eigenvalue weighted by Gasteiger charge is 2.40. The topological polar surface area (TPSA) is 21.8 Å². The van der Waals surface area contributed by atoms with E-state index < -0.39 is 0 Å².